The summed E-state index contributed by atoms with van der Waals surface area (Å²) in [5, 5.41) is 0. The summed E-state index contributed by atoms with van der Waals surface area (Å²) in [4.78, 5) is 47.8. The Labute approximate surface area is 174 Å². The first kappa shape index (κ1) is 22.6. The highest BCUT2D eigenvalue weighted by atomic mass is 16.5. The standard InChI is InChI=1S/C22H24N2O6/c1-3-5-14-30-22(28)18-12-8-16(9-13-18)20(26)24-23-19(25)15-6-10-17(11-7-15)21(27)29-4-2/h6-13H,3-5,14H2,1-2H3,(H,23,25)(H,24,26). The van der Waals surface area contributed by atoms with E-state index in [4.69, 9.17) is 9.47 Å². The molecule has 0 heterocycles. The molecule has 0 atom stereocenters. The van der Waals surface area contributed by atoms with Gasteiger partial charge in [0.1, 0.15) is 0 Å². The second-order valence-corrected chi connectivity index (χ2v) is 6.27. The first-order chi connectivity index (χ1) is 14.5. The van der Waals surface area contributed by atoms with E-state index in [1.165, 1.54) is 48.5 Å². The summed E-state index contributed by atoms with van der Waals surface area (Å²) < 4.78 is 9.99. The summed E-state index contributed by atoms with van der Waals surface area (Å²) in [6, 6.07) is 11.7. The van der Waals surface area contributed by atoms with Crippen LogP contribution in [0.2, 0.25) is 0 Å². The van der Waals surface area contributed by atoms with E-state index in [0.29, 0.717) is 17.7 Å². The van der Waals surface area contributed by atoms with Gasteiger partial charge in [-0.2, -0.15) is 0 Å². The van der Waals surface area contributed by atoms with Crippen molar-refractivity contribution >= 4 is 23.8 Å². The maximum absolute atomic E-state index is 12.2. The number of esters is 2. The van der Waals surface area contributed by atoms with Crippen molar-refractivity contribution in [3.8, 4) is 0 Å². The molecular formula is C22H24N2O6. The van der Waals surface area contributed by atoms with Crippen molar-refractivity contribution in [2.45, 2.75) is 26.7 Å². The fourth-order valence-electron chi connectivity index (χ4n) is 2.38. The third kappa shape index (κ3) is 6.44. The Morgan fingerprint density at radius 1 is 0.667 bits per heavy atom. The quantitative estimate of drug-likeness (QED) is 0.392. The van der Waals surface area contributed by atoms with Crippen molar-refractivity contribution in [3.63, 3.8) is 0 Å². The fraction of sp³-hybridized carbons (Fsp3) is 0.273. The molecule has 0 saturated heterocycles. The molecule has 8 nitrogen and oxygen atoms in total. The minimum Gasteiger partial charge on any atom is -0.462 e. The van der Waals surface area contributed by atoms with E-state index in [1.54, 1.807) is 6.92 Å². The van der Waals surface area contributed by atoms with Crippen molar-refractivity contribution in [3.05, 3.63) is 70.8 Å². The van der Waals surface area contributed by atoms with Crippen LogP contribution in [0.5, 0.6) is 0 Å². The van der Waals surface area contributed by atoms with E-state index in [0.717, 1.165) is 12.8 Å². The van der Waals surface area contributed by atoms with E-state index >= 15 is 0 Å². The zero-order valence-electron chi connectivity index (χ0n) is 16.9. The van der Waals surface area contributed by atoms with Gasteiger partial charge < -0.3 is 9.47 Å². The van der Waals surface area contributed by atoms with E-state index in [-0.39, 0.29) is 17.7 Å². The minimum atomic E-state index is -0.546. The number of carbonyl (C=O) groups excluding carboxylic acids is 4. The first-order valence-corrected chi connectivity index (χ1v) is 9.61. The van der Waals surface area contributed by atoms with E-state index in [2.05, 4.69) is 10.9 Å². The number of amides is 2. The molecule has 30 heavy (non-hydrogen) atoms. The molecule has 2 aromatic rings. The predicted octanol–water partition coefficient (Wildman–Crippen LogP) is 2.90. The second-order valence-electron chi connectivity index (χ2n) is 6.27. The van der Waals surface area contributed by atoms with Gasteiger partial charge in [0.05, 0.1) is 24.3 Å². The van der Waals surface area contributed by atoms with Crippen LogP contribution in [-0.2, 0) is 9.47 Å². The minimum absolute atomic E-state index is 0.258. The zero-order chi connectivity index (χ0) is 21.9. The maximum atomic E-state index is 12.2. The predicted molar refractivity (Wildman–Crippen MR) is 109 cm³/mol. The first-order valence-electron chi connectivity index (χ1n) is 9.61. The molecule has 0 fully saturated rings. The molecule has 0 spiro atoms. The van der Waals surface area contributed by atoms with Crippen LogP contribution < -0.4 is 10.9 Å². The molecule has 2 rings (SSSR count). The highest BCUT2D eigenvalue weighted by Crippen LogP contribution is 2.08. The van der Waals surface area contributed by atoms with Crippen molar-refractivity contribution in [2.75, 3.05) is 13.2 Å². The van der Waals surface area contributed by atoms with Gasteiger partial charge in [0.15, 0.2) is 0 Å². The average Bonchev–Trinajstić information content (AvgIpc) is 2.77. The van der Waals surface area contributed by atoms with Crippen molar-refractivity contribution in [1.82, 2.24) is 10.9 Å². The molecule has 0 unspecified atom stereocenters. The number of unbranched alkanes of at least 4 members (excludes halogenated alkanes) is 1. The fourth-order valence-corrected chi connectivity index (χ4v) is 2.38. The smallest absolute Gasteiger partial charge is 0.338 e. The van der Waals surface area contributed by atoms with Crippen LogP contribution in [0.25, 0.3) is 0 Å². The number of nitrogens with one attached hydrogen (secondary N) is 2. The number of carbonyl (C=O) groups is 4. The lowest BCUT2D eigenvalue weighted by Gasteiger charge is -2.09. The summed E-state index contributed by atoms with van der Waals surface area (Å²) in [5.74, 6) is -2.02. The summed E-state index contributed by atoms with van der Waals surface area (Å²) in [5.41, 5.74) is 5.78. The van der Waals surface area contributed by atoms with Gasteiger partial charge in [0.2, 0.25) is 0 Å². The highest BCUT2D eigenvalue weighted by Gasteiger charge is 2.12. The monoisotopic (exact) mass is 412 g/mol. The van der Waals surface area contributed by atoms with Crippen molar-refractivity contribution in [2.24, 2.45) is 0 Å². The maximum Gasteiger partial charge on any atom is 0.338 e. The van der Waals surface area contributed by atoms with Gasteiger partial charge in [0, 0.05) is 11.1 Å². The molecule has 0 aliphatic carbocycles. The van der Waals surface area contributed by atoms with Crippen LogP contribution in [0.1, 0.15) is 68.1 Å². The number of hydrogen-bond donors (Lipinski definition) is 2. The van der Waals surface area contributed by atoms with Gasteiger partial charge in [-0.15, -0.1) is 0 Å². The normalized spacial score (nSPS) is 10.1. The van der Waals surface area contributed by atoms with Crippen LogP contribution in [0.15, 0.2) is 48.5 Å². The Morgan fingerprint density at radius 2 is 1.07 bits per heavy atom. The number of hydrogen-bond acceptors (Lipinski definition) is 6. The number of ether oxygens (including phenoxy) is 2. The van der Waals surface area contributed by atoms with Gasteiger partial charge in [0.25, 0.3) is 11.8 Å². The highest BCUT2D eigenvalue weighted by molar-refractivity contribution is 6.00. The van der Waals surface area contributed by atoms with Gasteiger partial charge >= 0.3 is 11.9 Å². The Balaban J connectivity index is 1.88. The third-order valence-corrected chi connectivity index (χ3v) is 4.06. The Bertz CT molecular complexity index is 891. The topological polar surface area (TPSA) is 111 Å². The molecule has 0 aromatic heterocycles. The molecule has 0 aliphatic rings. The van der Waals surface area contributed by atoms with E-state index in [1.807, 2.05) is 6.92 Å². The number of hydrazine groups is 1. The molecule has 2 aromatic carbocycles. The van der Waals surface area contributed by atoms with Crippen LogP contribution in [0.4, 0.5) is 0 Å². The third-order valence-electron chi connectivity index (χ3n) is 4.06. The lowest BCUT2D eigenvalue weighted by Crippen LogP contribution is -2.41. The molecule has 0 aliphatic heterocycles. The second kappa shape index (κ2) is 11.4. The number of benzene rings is 2. The largest absolute Gasteiger partial charge is 0.462 e. The summed E-state index contributed by atoms with van der Waals surface area (Å²) in [6.45, 7) is 4.31. The van der Waals surface area contributed by atoms with Gasteiger partial charge in [-0.05, 0) is 61.9 Å². The van der Waals surface area contributed by atoms with Crippen molar-refractivity contribution < 1.29 is 28.7 Å². The molecule has 2 N–H and O–H groups in total. The molecule has 158 valence electrons. The van der Waals surface area contributed by atoms with Crippen molar-refractivity contribution in [1.29, 1.82) is 0 Å². The van der Waals surface area contributed by atoms with Crippen LogP contribution >= 0.6 is 0 Å². The summed E-state index contributed by atoms with van der Waals surface area (Å²) in [6.07, 6.45) is 1.71. The molecular weight excluding hydrogens is 388 g/mol. The van der Waals surface area contributed by atoms with Crippen LogP contribution in [0, 0.1) is 0 Å². The average molecular weight is 412 g/mol. The lowest BCUT2D eigenvalue weighted by atomic mass is 10.1. The van der Waals surface area contributed by atoms with Gasteiger partial charge in [-0.3, -0.25) is 20.4 Å². The Kier molecular flexibility index (Phi) is 8.56. The van der Waals surface area contributed by atoms with E-state index < -0.39 is 23.8 Å². The molecule has 8 heteroatoms. The SMILES string of the molecule is CCCCOC(=O)c1ccc(C(=O)NNC(=O)c2ccc(C(=O)OCC)cc2)cc1. The molecule has 2 amide bonds. The van der Waals surface area contributed by atoms with Crippen LogP contribution in [0.3, 0.4) is 0 Å². The molecule has 0 bridgehead atoms. The Morgan fingerprint density at radius 3 is 1.47 bits per heavy atom. The van der Waals surface area contributed by atoms with E-state index in [9.17, 15) is 19.2 Å². The zero-order valence-corrected chi connectivity index (χ0v) is 16.9. The van der Waals surface area contributed by atoms with Gasteiger partial charge in [-0.25, -0.2) is 9.59 Å². The lowest BCUT2D eigenvalue weighted by molar-refractivity contribution is 0.0496. The molecule has 0 saturated carbocycles. The summed E-state index contributed by atoms with van der Waals surface area (Å²) >= 11 is 0. The summed E-state index contributed by atoms with van der Waals surface area (Å²) in [7, 11) is 0. The van der Waals surface area contributed by atoms with Crippen LogP contribution in [-0.4, -0.2) is 37.0 Å². The number of rotatable bonds is 8. The van der Waals surface area contributed by atoms with Gasteiger partial charge in [-0.1, -0.05) is 13.3 Å². The molecule has 0 radical (unpaired) electrons. The Hall–Kier alpha value is -3.68.